The third-order valence-corrected chi connectivity index (χ3v) is 2.00. The van der Waals surface area contributed by atoms with Gasteiger partial charge in [0.25, 0.3) is 0 Å². The minimum absolute atomic E-state index is 0.134. The molecule has 0 saturated carbocycles. The fourth-order valence-electron chi connectivity index (χ4n) is 1.32. The first-order chi connectivity index (χ1) is 7.63. The van der Waals surface area contributed by atoms with Crippen molar-refractivity contribution in [1.82, 2.24) is 0 Å². The van der Waals surface area contributed by atoms with Crippen LogP contribution in [0.2, 0.25) is 0 Å². The van der Waals surface area contributed by atoms with Gasteiger partial charge in [-0.25, -0.2) is 4.79 Å². The molecule has 0 radical (unpaired) electrons. The van der Waals surface area contributed by atoms with Gasteiger partial charge in [0.05, 0.1) is 11.8 Å². The molecule has 1 amide bonds. The van der Waals surface area contributed by atoms with Crippen LogP contribution in [0.3, 0.4) is 0 Å². The minimum Gasteiger partial charge on any atom is -0.445 e. The Kier molecular flexibility index (Phi) is 4.70. The van der Waals surface area contributed by atoms with Gasteiger partial charge in [0, 0.05) is 0 Å². The summed E-state index contributed by atoms with van der Waals surface area (Å²) in [6, 6.07) is 9.65. The molecule has 86 valence electrons. The Morgan fingerprint density at radius 1 is 1.31 bits per heavy atom. The van der Waals surface area contributed by atoms with Crippen LogP contribution in [-0.2, 0) is 4.74 Å². The van der Waals surface area contributed by atoms with Crippen molar-refractivity contribution in [2.75, 3.05) is 0 Å². The van der Waals surface area contributed by atoms with E-state index in [0.29, 0.717) is 6.42 Å². The number of carbonyl (C=O) groups excluding carboxylic acids is 1. The number of benzene rings is 1. The summed E-state index contributed by atoms with van der Waals surface area (Å²) < 4.78 is 4.98. The van der Waals surface area contributed by atoms with Crippen LogP contribution in [0.15, 0.2) is 35.3 Å². The zero-order chi connectivity index (χ0) is 12.0. The molecule has 0 aliphatic carbocycles. The van der Waals surface area contributed by atoms with E-state index in [1.165, 1.54) is 0 Å². The van der Waals surface area contributed by atoms with Crippen LogP contribution in [0.25, 0.3) is 0 Å². The molecule has 1 aromatic rings. The Labute approximate surface area is 96.2 Å². The van der Waals surface area contributed by atoms with Crippen molar-refractivity contribution in [3.8, 4) is 0 Å². The maximum Gasteiger partial charge on any atom is 0.434 e. The van der Waals surface area contributed by atoms with Gasteiger partial charge in [-0.1, -0.05) is 37.3 Å². The first-order valence-corrected chi connectivity index (χ1v) is 5.47. The van der Waals surface area contributed by atoms with Crippen LogP contribution < -0.4 is 0 Å². The van der Waals surface area contributed by atoms with Gasteiger partial charge in [-0.2, -0.15) is 4.99 Å². The Morgan fingerprint density at radius 2 is 1.94 bits per heavy atom. The maximum absolute atomic E-state index is 11.4. The monoisotopic (exact) mass is 219 g/mol. The van der Waals surface area contributed by atoms with Crippen LogP contribution in [0.5, 0.6) is 0 Å². The van der Waals surface area contributed by atoms with E-state index >= 15 is 0 Å². The van der Waals surface area contributed by atoms with E-state index in [4.69, 9.17) is 4.74 Å². The highest BCUT2D eigenvalue weighted by Crippen LogP contribution is 2.05. The largest absolute Gasteiger partial charge is 0.445 e. The number of aliphatic imine (C=N–C) groups is 1. The number of nitrogens with zero attached hydrogens (tertiary/aromatic N) is 1. The molecule has 0 atom stereocenters. The average molecular weight is 219 g/mol. The lowest BCUT2D eigenvalue weighted by Crippen LogP contribution is -2.10. The second-order valence-corrected chi connectivity index (χ2v) is 3.71. The van der Waals surface area contributed by atoms with Crippen LogP contribution in [-0.4, -0.2) is 17.9 Å². The fraction of sp³-hybridized carbons (Fsp3) is 0.385. The predicted octanol–water partition coefficient (Wildman–Crippen LogP) is 3.43. The molecule has 0 aromatic heterocycles. The van der Waals surface area contributed by atoms with Crippen molar-refractivity contribution in [2.24, 2.45) is 4.99 Å². The van der Waals surface area contributed by atoms with Gasteiger partial charge in [0.1, 0.15) is 0 Å². The van der Waals surface area contributed by atoms with Crippen molar-refractivity contribution in [2.45, 2.75) is 33.3 Å². The molecule has 0 unspecified atom stereocenters. The van der Waals surface area contributed by atoms with Gasteiger partial charge in [-0.05, 0) is 25.8 Å². The molecule has 0 N–H and O–H groups in total. The summed E-state index contributed by atoms with van der Waals surface area (Å²) in [5.74, 6) is 0. The van der Waals surface area contributed by atoms with Crippen LogP contribution >= 0.6 is 0 Å². The Bertz CT molecular complexity index is 369. The molecule has 1 rings (SSSR count). The van der Waals surface area contributed by atoms with Crippen LogP contribution in [0.1, 0.15) is 32.8 Å². The number of hydrogen-bond acceptors (Lipinski definition) is 2. The summed E-state index contributed by atoms with van der Waals surface area (Å²) in [4.78, 5) is 15.3. The van der Waals surface area contributed by atoms with E-state index < -0.39 is 6.09 Å². The van der Waals surface area contributed by atoms with E-state index in [1.54, 1.807) is 0 Å². The molecule has 16 heavy (non-hydrogen) atoms. The highest BCUT2D eigenvalue weighted by Gasteiger charge is 2.06. The van der Waals surface area contributed by atoms with E-state index in [0.717, 1.165) is 11.3 Å². The molecule has 0 heterocycles. The van der Waals surface area contributed by atoms with Crippen molar-refractivity contribution < 1.29 is 9.53 Å². The third kappa shape index (κ3) is 3.85. The Balaban J connectivity index is 2.82. The first kappa shape index (κ1) is 12.4. The van der Waals surface area contributed by atoms with Gasteiger partial charge in [0.2, 0.25) is 0 Å². The molecule has 0 spiro atoms. The number of amides is 1. The van der Waals surface area contributed by atoms with Gasteiger partial charge < -0.3 is 4.74 Å². The van der Waals surface area contributed by atoms with E-state index in [-0.39, 0.29) is 6.10 Å². The summed E-state index contributed by atoms with van der Waals surface area (Å²) in [6.07, 6.45) is 0.0536. The third-order valence-electron chi connectivity index (χ3n) is 2.00. The lowest BCUT2D eigenvalue weighted by Gasteiger charge is -2.06. The maximum atomic E-state index is 11.4. The number of rotatable bonds is 3. The predicted molar refractivity (Wildman–Crippen MR) is 64.9 cm³/mol. The first-order valence-electron chi connectivity index (χ1n) is 5.47. The highest BCUT2D eigenvalue weighted by molar-refractivity contribution is 6.05. The van der Waals surface area contributed by atoms with Crippen molar-refractivity contribution in [3.05, 3.63) is 35.9 Å². The molecular formula is C13H17NO2. The molecule has 0 saturated heterocycles. The fourth-order valence-corrected chi connectivity index (χ4v) is 1.32. The Morgan fingerprint density at radius 3 is 2.44 bits per heavy atom. The number of carbonyl (C=O) groups is 1. The molecule has 0 aliphatic rings. The second-order valence-electron chi connectivity index (χ2n) is 3.71. The Hall–Kier alpha value is -1.64. The molecule has 3 nitrogen and oxygen atoms in total. The average Bonchev–Trinajstić information content (AvgIpc) is 2.26. The van der Waals surface area contributed by atoms with Crippen LogP contribution in [0.4, 0.5) is 4.79 Å². The van der Waals surface area contributed by atoms with Gasteiger partial charge in [-0.3, -0.25) is 0 Å². The van der Waals surface area contributed by atoms with E-state index in [1.807, 2.05) is 51.1 Å². The number of ether oxygens (including phenoxy) is 1. The minimum atomic E-state index is -0.518. The van der Waals surface area contributed by atoms with Gasteiger partial charge in [0.15, 0.2) is 0 Å². The zero-order valence-corrected chi connectivity index (χ0v) is 9.93. The van der Waals surface area contributed by atoms with Crippen molar-refractivity contribution >= 4 is 11.8 Å². The van der Waals surface area contributed by atoms with Crippen molar-refractivity contribution in [3.63, 3.8) is 0 Å². The molecular weight excluding hydrogens is 202 g/mol. The standard InChI is InChI=1S/C13H17NO2/c1-4-12(11-8-6-5-7-9-11)14-13(15)16-10(2)3/h5-10H,4H2,1-3H3. The van der Waals surface area contributed by atoms with Gasteiger partial charge >= 0.3 is 6.09 Å². The smallest absolute Gasteiger partial charge is 0.434 e. The SMILES string of the molecule is CCC(=NC(=O)OC(C)C)c1ccccc1. The summed E-state index contributed by atoms with van der Waals surface area (Å²) in [7, 11) is 0. The summed E-state index contributed by atoms with van der Waals surface area (Å²) in [6.45, 7) is 5.58. The molecule has 0 fully saturated rings. The topological polar surface area (TPSA) is 38.7 Å². The lowest BCUT2D eigenvalue weighted by molar-refractivity contribution is 0.126. The van der Waals surface area contributed by atoms with E-state index in [2.05, 4.69) is 4.99 Å². The molecule has 1 aromatic carbocycles. The quantitative estimate of drug-likeness (QED) is 0.730. The van der Waals surface area contributed by atoms with E-state index in [9.17, 15) is 4.79 Å². The summed E-state index contributed by atoms with van der Waals surface area (Å²) in [5, 5.41) is 0. The van der Waals surface area contributed by atoms with Gasteiger partial charge in [-0.15, -0.1) is 0 Å². The lowest BCUT2D eigenvalue weighted by atomic mass is 10.1. The normalized spacial score (nSPS) is 11.6. The highest BCUT2D eigenvalue weighted by atomic mass is 16.6. The second kappa shape index (κ2) is 6.05. The van der Waals surface area contributed by atoms with Crippen LogP contribution in [0, 0.1) is 0 Å². The molecule has 0 bridgehead atoms. The molecule has 3 heteroatoms. The number of hydrogen-bond donors (Lipinski definition) is 0. The molecule has 0 aliphatic heterocycles. The summed E-state index contributed by atoms with van der Waals surface area (Å²) in [5.41, 5.74) is 1.72. The van der Waals surface area contributed by atoms with Crippen molar-refractivity contribution in [1.29, 1.82) is 0 Å². The zero-order valence-electron chi connectivity index (χ0n) is 9.93. The summed E-state index contributed by atoms with van der Waals surface area (Å²) >= 11 is 0.